The molecule has 0 saturated carbocycles. The molecule has 0 radical (unpaired) electrons. The molecular weight excluding hydrogens is 462 g/mol. The van der Waals surface area contributed by atoms with E-state index < -0.39 is 0 Å². The van der Waals surface area contributed by atoms with Crippen molar-refractivity contribution in [3.63, 3.8) is 0 Å². The highest BCUT2D eigenvalue weighted by atomic mass is 15.2. The average Bonchev–Trinajstić information content (AvgIpc) is 3.51. The molecule has 8 rings (SSSR count). The lowest BCUT2D eigenvalue weighted by atomic mass is 9.87. The van der Waals surface area contributed by atoms with Crippen LogP contribution in [0.15, 0.2) is 139 Å². The number of benzene rings is 5. The number of para-hydroxylation sites is 3. The Kier molecular flexibility index (Phi) is 4.65. The SMILES string of the molecule is C1=CC2c3c(-c4ccc5c(c4)c4ccccc4n5-c4ccccc4)cccc3N(c3ccccc3)C2C=N1. The highest BCUT2D eigenvalue weighted by Crippen LogP contribution is 2.50. The lowest BCUT2D eigenvalue weighted by Crippen LogP contribution is -2.32. The summed E-state index contributed by atoms with van der Waals surface area (Å²) < 4.78 is 2.37. The highest BCUT2D eigenvalue weighted by molar-refractivity contribution is 6.10. The Morgan fingerprint density at radius 1 is 0.605 bits per heavy atom. The average molecular weight is 488 g/mol. The van der Waals surface area contributed by atoms with Gasteiger partial charge in [-0.15, -0.1) is 0 Å². The molecule has 0 amide bonds. The zero-order valence-electron chi connectivity index (χ0n) is 20.8. The van der Waals surface area contributed by atoms with Crippen LogP contribution in [0, 0.1) is 0 Å². The lowest BCUT2D eigenvalue weighted by molar-refractivity contribution is 0.788. The maximum Gasteiger partial charge on any atom is 0.0798 e. The van der Waals surface area contributed by atoms with Gasteiger partial charge in [0.1, 0.15) is 0 Å². The standard InChI is InChI=1S/C35H25N3/c1-3-10-25(11-4-1)37-31-16-8-7-14-28(31)30-22-24(18-19-32(30)37)27-15-9-17-33-35(27)29-20-21-36-23-34(29)38(33)26-12-5-2-6-13-26/h1-23,29,34H. The third kappa shape index (κ3) is 3.05. The second kappa shape index (κ2) is 8.32. The van der Waals surface area contributed by atoms with Crippen molar-refractivity contribution in [1.82, 2.24) is 4.57 Å². The summed E-state index contributed by atoms with van der Waals surface area (Å²) in [5, 5.41) is 2.55. The number of anilines is 2. The van der Waals surface area contributed by atoms with Crippen LogP contribution in [0.5, 0.6) is 0 Å². The molecule has 2 aliphatic rings. The molecule has 2 unspecified atom stereocenters. The van der Waals surface area contributed by atoms with Crippen LogP contribution in [-0.2, 0) is 0 Å². The third-order valence-electron chi connectivity index (χ3n) is 7.99. The van der Waals surface area contributed by atoms with Gasteiger partial charge in [-0.25, -0.2) is 0 Å². The largest absolute Gasteiger partial charge is 0.332 e. The highest BCUT2D eigenvalue weighted by Gasteiger charge is 2.39. The van der Waals surface area contributed by atoms with Crippen LogP contribution in [0.2, 0.25) is 0 Å². The molecular formula is C35H25N3. The molecule has 3 nitrogen and oxygen atoms in total. The summed E-state index contributed by atoms with van der Waals surface area (Å²) in [6.07, 6.45) is 6.31. The predicted molar refractivity (Wildman–Crippen MR) is 159 cm³/mol. The molecule has 38 heavy (non-hydrogen) atoms. The summed E-state index contributed by atoms with van der Waals surface area (Å²) in [5.41, 5.74) is 9.99. The molecule has 3 heterocycles. The Bertz CT molecular complexity index is 1880. The van der Waals surface area contributed by atoms with Crippen molar-refractivity contribution in [2.75, 3.05) is 4.90 Å². The molecule has 1 aromatic heterocycles. The minimum atomic E-state index is 0.169. The molecule has 3 heteroatoms. The van der Waals surface area contributed by atoms with E-state index in [1.807, 2.05) is 6.20 Å². The van der Waals surface area contributed by atoms with Crippen LogP contribution in [0.25, 0.3) is 38.6 Å². The molecule has 0 aliphatic carbocycles. The number of rotatable bonds is 3. The summed E-state index contributed by atoms with van der Waals surface area (Å²) in [6.45, 7) is 0. The lowest BCUT2D eigenvalue weighted by Gasteiger charge is -2.27. The monoisotopic (exact) mass is 487 g/mol. The van der Waals surface area contributed by atoms with Gasteiger partial charge in [0.15, 0.2) is 0 Å². The molecule has 2 aliphatic heterocycles. The Morgan fingerprint density at radius 3 is 2.18 bits per heavy atom. The molecule has 180 valence electrons. The summed E-state index contributed by atoms with van der Waals surface area (Å²) in [5.74, 6) is 0.250. The van der Waals surface area contributed by atoms with Gasteiger partial charge in [0, 0.05) is 46.2 Å². The molecule has 2 atom stereocenters. The molecule has 5 aromatic carbocycles. The van der Waals surface area contributed by atoms with Crippen LogP contribution in [-0.4, -0.2) is 16.8 Å². The first-order valence-corrected chi connectivity index (χ1v) is 13.1. The number of aliphatic imine (C=N–C) groups is 1. The van der Waals surface area contributed by atoms with Gasteiger partial charge in [-0.2, -0.15) is 0 Å². The first-order valence-electron chi connectivity index (χ1n) is 13.1. The minimum Gasteiger partial charge on any atom is -0.332 e. The zero-order chi connectivity index (χ0) is 25.1. The molecule has 0 spiro atoms. The topological polar surface area (TPSA) is 20.5 Å². The van der Waals surface area contributed by atoms with E-state index in [0.29, 0.717) is 0 Å². The van der Waals surface area contributed by atoms with Gasteiger partial charge in [0.05, 0.1) is 17.1 Å². The van der Waals surface area contributed by atoms with Gasteiger partial charge >= 0.3 is 0 Å². The number of hydrogen-bond donors (Lipinski definition) is 0. The van der Waals surface area contributed by atoms with Crippen molar-refractivity contribution in [3.8, 4) is 16.8 Å². The third-order valence-corrected chi connectivity index (χ3v) is 7.99. The van der Waals surface area contributed by atoms with E-state index in [1.54, 1.807) is 0 Å². The normalized spacial score (nSPS) is 17.7. The van der Waals surface area contributed by atoms with E-state index in [1.165, 1.54) is 55.6 Å². The van der Waals surface area contributed by atoms with E-state index in [2.05, 4.69) is 148 Å². The number of nitrogens with zero attached hydrogens (tertiary/aromatic N) is 3. The van der Waals surface area contributed by atoms with Crippen molar-refractivity contribution >= 4 is 39.4 Å². The van der Waals surface area contributed by atoms with Gasteiger partial charge in [0.2, 0.25) is 0 Å². The summed E-state index contributed by atoms with van der Waals surface area (Å²) in [4.78, 5) is 6.98. The zero-order valence-corrected chi connectivity index (χ0v) is 20.8. The van der Waals surface area contributed by atoms with E-state index in [0.717, 1.165) is 0 Å². The van der Waals surface area contributed by atoms with Crippen LogP contribution in [0.4, 0.5) is 11.4 Å². The van der Waals surface area contributed by atoms with Crippen molar-refractivity contribution in [2.45, 2.75) is 12.0 Å². The fourth-order valence-electron chi connectivity index (χ4n) is 6.40. The Labute approximate surface area is 221 Å². The summed E-state index contributed by atoms with van der Waals surface area (Å²) >= 11 is 0. The molecule has 0 fully saturated rings. The maximum absolute atomic E-state index is 4.54. The fraction of sp³-hybridized carbons (Fsp3) is 0.0571. The minimum absolute atomic E-state index is 0.169. The number of aromatic nitrogens is 1. The summed E-state index contributed by atoms with van der Waals surface area (Å²) in [6, 6.07) is 43.9. The van der Waals surface area contributed by atoms with E-state index >= 15 is 0 Å². The van der Waals surface area contributed by atoms with Crippen LogP contribution in [0.3, 0.4) is 0 Å². The van der Waals surface area contributed by atoms with Gasteiger partial charge in [-0.05, 0) is 65.2 Å². The number of fused-ring (bicyclic) bond motifs is 6. The smallest absolute Gasteiger partial charge is 0.0798 e. The van der Waals surface area contributed by atoms with E-state index in [4.69, 9.17) is 0 Å². The Balaban J connectivity index is 1.36. The van der Waals surface area contributed by atoms with Gasteiger partial charge in [-0.3, -0.25) is 4.99 Å². The molecule has 0 bridgehead atoms. The van der Waals surface area contributed by atoms with Crippen LogP contribution in [0.1, 0.15) is 11.5 Å². The predicted octanol–water partition coefficient (Wildman–Crippen LogP) is 8.65. The van der Waals surface area contributed by atoms with Gasteiger partial charge in [0.25, 0.3) is 0 Å². The van der Waals surface area contributed by atoms with Crippen molar-refractivity contribution in [3.05, 3.63) is 139 Å². The fourth-order valence-corrected chi connectivity index (χ4v) is 6.40. The van der Waals surface area contributed by atoms with Crippen LogP contribution >= 0.6 is 0 Å². The quantitative estimate of drug-likeness (QED) is 0.245. The molecule has 0 saturated heterocycles. The first-order chi connectivity index (χ1) is 18.9. The Morgan fingerprint density at radius 2 is 1.34 bits per heavy atom. The molecule has 0 N–H and O–H groups in total. The number of hydrogen-bond acceptors (Lipinski definition) is 2. The molecule has 6 aromatic rings. The van der Waals surface area contributed by atoms with Crippen LogP contribution < -0.4 is 4.90 Å². The Hall–Kier alpha value is -4.89. The van der Waals surface area contributed by atoms with Gasteiger partial charge < -0.3 is 9.47 Å². The van der Waals surface area contributed by atoms with E-state index in [9.17, 15) is 0 Å². The second-order valence-corrected chi connectivity index (χ2v) is 10.0. The first kappa shape index (κ1) is 21.2. The van der Waals surface area contributed by atoms with Crippen molar-refractivity contribution in [2.24, 2.45) is 4.99 Å². The maximum atomic E-state index is 4.54. The van der Waals surface area contributed by atoms with Crippen molar-refractivity contribution < 1.29 is 0 Å². The van der Waals surface area contributed by atoms with E-state index in [-0.39, 0.29) is 12.0 Å². The second-order valence-electron chi connectivity index (χ2n) is 10.0. The van der Waals surface area contributed by atoms with Gasteiger partial charge in [-0.1, -0.05) is 78.9 Å². The summed E-state index contributed by atoms with van der Waals surface area (Å²) in [7, 11) is 0. The van der Waals surface area contributed by atoms with Crippen molar-refractivity contribution in [1.29, 1.82) is 0 Å².